The maximum Gasteiger partial charge on any atom is 0.128 e. The Labute approximate surface area is 49.3 Å². The predicted molar refractivity (Wildman–Crippen MR) is 31.4 cm³/mol. The molecule has 2 heteroatoms. The molecule has 0 aliphatic heterocycles. The average molecular weight is 123 g/mol. The van der Waals surface area contributed by atoms with E-state index in [1.165, 1.54) is 0 Å². The Bertz CT molecular complexity index is 37.1. The number of alkyl halides is 1. The van der Waals surface area contributed by atoms with Crippen LogP contribution in [0.2, 0.25) is 0 Å². The molecule has 44 valence electrons. The van der Waals surface area contributed by atoms with Crippen molar-refractivity contribution in [3.63, 3.8) is 0 Å². The standard InChI is InChI=1S/C5H11ClO/c1-2-3-4-5(6)7/h5,7H,2-4H2,1H3/t5-/m1/s1. The van der Waals surface area contributed by atoms with Gasteiger partial charge in [0.15, 0.2) is 0 Å². The minimum absolute atomic E-state index is 0.625. The van der Waals surface area contributed by atoms with Crippen molar-refractivity contribution in [1.29, 1.82) is 0 Å². The van der Waals surface area contributed by atoms with Gasteiger partial charge in [-0.25, -0.2) is 0 Å². The monoisotopic (exact) mass is 122 g/mol. The first-order valence-electron chi connectivity index (χ1n) is 2.59. The van der Waals surface area contributed by atoms with Gasteiger partial charge in [-0.15, -0.1) is 0 Å². The van der Waals surface area contributed by atoms with Crippen molar-refractivity contribution in [1.82, 2.24) is 0 Å². The first kappa shape index (κ1) is 7.25. The summed E-state index contributed by atoms with van der Waals surface area (Å²) in [5.74, 6) is 0. The fourth-order valence-corrected chi connectivity index (χ4v) is 0.527. The van der Waals surface area contributed by atoms with Crippen LogP contribution >= 0.6 is 11.6 Å². The third-order valence-electron chi connectivity index (χ3n) is 0.796. The number of hydrogen-bond donors (Lipinski definition) is 1. The summed E-state index contributed by atoms with van der Waals surface area (Å²) in [6.07, 6.45) is 2.84. The van der Waals surface area contributed by atoms with E-state index in [1.807, 2.05) is 0 Å². The van der Waals surface area contributed by atoms with Crippen LogP contribution in [0.1, 0.15) is 26.2 Å². The SMILES string of the molecule is CCCC[C@@H](O)Cl. The van der Waals surface area contributed by atoms with Crippen LogP contribution in [0.15, 0.2) is 0 Å². The molecule has 0 aliphatic rings. The van der Waals surface area contributed by atoms with Gasteiger partial charge in [-0.3, -0.25) is 0 Å². The molecule has 1 atom stereocenters. The topological polar surface area (TPSA) is 20.2 Å². The van der Waals surface area contributed by atoms with E-state index in [2.05, 4.69) is 6.92 Å². The molecule has 0 aromatic rings. The van der Waals surface area contributed by atoms with Crippen LogP contribution in [0, 0.1) is 0 Å². The van der Waals surface area contributed by atoms with Crippen molar-refractivity contribution in [3.05, 3.63) is 0 Å². The van der Waals surface area contributed by atoms with Gasteiger partial charge >= 0.3 is 0 Å². The van der Waals surface area contributed by atoms with Crippen molar-refractivity contribution < 1.29 is 5.11 Å². The Morgan fingerprint density at radius 3 is 2.43 bits per heavy atom. The summed E-state index contributed by atoms with van der Waals surface area (Å²) in [5, 5.41) is 8.45. The van der Waals surface area contributed by atoms with Gasteiger partial charge in [0, 0.05) is 0 Å². The molecular weight excluding hydrogens is 112 g/mol. The molecule has 1 N–H and O–H groups in total. The molecule has 0 unspecified atom stereocenters. The molecule has 0 saturated carbocycles. The van der Waals surface area contributed by atoms with Crippen LogP contribution in [-0.2, 0) is 0 Å². The van der Waals surface area contributed by atoms with Gasteiger partial charge in [-0.2, -0.15) is 0 Å². The Morgan fingerprint density at radius 1 is 1.71 bits per heavy atom. The Hall–Kier alpha value is 0.250. The largest absolute Gasteiger partial charge is 0.378 e. The molecule has 0 radical (unpaired) electrons. The minimum atomic E-state index is -0.625. The highest BCUT2D eigenvalue weighted by Crippen LogP contribution is 2.02. The molecule has 0 fully saturated rings. The lowest BCUT2D eigenvalue weighted by molar-refractivity contribution is 0.242. The molecule has 0 bridgehead atoms. The second-order valence-corrected chi connectivity index (χ2v) is 2.08. The molecule has 0 amide bonds. The lowest BCUT2D eigenvalue weighted by Crippen LogP contribution is -1.92. The minimum Gasteiger partial charge on any atom is -0.378 e. The number of hydrogen-bond acceptors (Lipinski definition) is 1. The zero-order valence-corrected chi connectivity index (χ0v) is 5.28. The Balaban J connectivity index is 2.68. The molecule has 0 aromatic carbocycles. The van der Waals surface area contributed by atoms with Crippen molar-refractivity contribution in [3.8, 4) is 0 Å². The Kier molecular flexibility index (Phi) is 4.57. The van der Waals surface area contributed by atoms with E-state index in [1.54, 1.807) is 0 Å². The van der Waals surface area contributed by atoms with Crippen molar-refractivity contribution >= 4 is 11.6 Å². The van der Waals surface area contributed by atoms with Gasteiger partial charge in [0.2, 0.25) is 0 Å². The molecular formula is C5H11ClO. The summed E-state index contributed by atoms with van der Waals surface area (Å²) in [6.45, 7) is 2.07. The maximum absolute atomic E-state index is 8.45. The summed E-state index contributed by atoms with van der Waals surface area (Å²) in [6, 6.07) is 0. The summed E-state index contributed by atoms with van der Waals surface area (Å²) in [4.78, 5) is 0. The van der Waals surface area contributed by atoms with Gasteiger partial charge in [0.05, 0.1) is 0 Å². The smallest absolute Gasteiger partial charge is 0.128 e. The first-order chi connectivity index (χ1) is 3.27. The molecule has 7 heavy (non-hydrogen) atoms. The molecule has 0 spiro atoms. The van der Waals surface area contributed by atoms with Gasteiger partial charge in [-0.05, 0) is 12.8 Å². The van der Waals surface area contributed by atoms with Crippen LogP contribution in [0.25, 0.3) is 0 Å². The van der Waals surface area contributed by atoms with E-state index in [0.29, 0.717) is 0 Å². The third kappa shape index (κ3) is 6.25. The van der Waals surface area contributed by atoms with Crippen LogP contribution in [0.4, 0.5) is 0 Å². The summed E-state index contributed by atoms with van der Waals surface area (Å²) < 4.78 is 0. The van der Waals surface area contributed by atoms with Gasteiger partial charge in [0.25, 0.3) is 0 Å². The van der Waals surface area contributed by atoms with E-state index >= 15 is 0 Å². The highest BCUT2D eigenvalue weighted by molar-refractivity contribution is 6.19. The predicted octanol–water partition coefficient (Wildman–Crippen LogP) is 1.73. The second-order valence-electron chi connectivity index (χ2n) is 1.58. The fourth-order valence-electron chi connectivity index (χ4n) is 0.373. The number of unbranched alkanes of at least 4 members (excludes halogenated alkanes) is 1. The van der Waals surface area contributed by atoms with E-state index in [-0.39, 0.29) is 0 Å². The average Bonchev–Trinajstić information content (AvgIpc) is 1.61. The second kappa shape index (κ2) is 4.41. The van der Waals surface area contributed by atoms with E-state index in [0.717, 1.165) is 19.3 Å². The van der Waals surface area contributed by atoms with Crippen molar-refractivity contribution in [2.45, 2.75) is 31.7 Å². The summed E-state index contributed by atoms with van der Waals surface area (Å²) in [5.41, 5.74) is -0.625. The van der Waals surface area contributed by atoms with Crippen LogP contribution in [0.5, 0.6) is 0 Å². The molecule has 1 nitrogen and oxygen atoms in total. The molecule has 0 saturated heterocycles. The van der Waals surface area contributed by atoms with E-state index in [4.69, 9.17) is 16.7 Å². The third-order valence-corrected chi connectivity index (χ3v) is 1.01. The number of aliphatic hydroxyl groups is 1. The first-order valence-corrected chi connectivity index (χ1v) is 3.03. The summed E-state index contributed by atoms with van der Waals surface area (Å²) >= 11 is 5.21. The van der Waals surface area contributed by atoms with Crippen molar-refractivity contribution in [2.75, 3.05) is 0 Å². The zero-order valence-electron chi connectivity index (χ0n) is 4.52. The quantitative estimate of drug-likeness (QED) is 0.566. The summed E-state index contributed by atoms with van der Waals surface area (Å²) in [7, 11) is 0. The fraction of sp³-hybridized carbons (Fsp3) is 1.00. The van der Waals surface area contributed by atoms with Crippen molar-refractivity contribution in [2.24, 2.45) is 0 Å². The number of halogens is 1. The highest BCUT2D eigenvalue weighted by atomic mass is 35.5. The van der Waals surface area contributed by atoms with Crippen LogP contribution < -0.4 is 0 Å². The van der Waals surface area contributed by atoms with Gasteiger partial charge in [-0.1, -0.05) is 24.9 Å². The van der Waals surface area contributed by atoms with E-state index < -0.39 is 5.56 Å². The van der Waals surface area contributed by atoms with Crippen LogP contribution in [-0.4, -0.2) is 10.7 Å². The zero-order chi connectivity index (χ0) is 5.70. The van der Waals surface area contributed by atoms with Crippen LogP contribution in [0.3, 0.4) is 0 Å². The molecule has 0 rings (SSSR count). The molecule has 0 aliphatic carbocycles. The number of aliphatic hydroxyl groups excluding tert-OH is 1. The lowest BCUT2D eigenvalue weighted by atomic mass is 10.3. The van der Waals surface area contributed by atoms with E-state index in [9.17, 15) is 0 Å². The maximum atomic E-state index is 8.45. The highest BCUT2D eigenvalue weighted by Gasteiger charge is 1.92. The number of rotatable bonds is 3. The lowest BCUT2D eigenvalue weighted by Gasteiger charge is -1.96. The van der Waals surface area contributed by atoms with Gasteiger partial charge < -0.3 is 5.11 Å². The molecule has 0 aromatic heterocycles. The Morgan fingerprint density at radius 2 is 2.29 bits per heavy atom. The molecule has 0 heterocycles. The van der Waals surface area contributed by atoms with Gasteiger partial charge in [0.1, 0.15) is 5.56 Å². The normalized spacial score (nSPS) is 14.1.